The Morgan fingerprint density at radius 2 is 2.08 bits per heavy atom. The van der Waals surface area contributed by atoms with Crippen LogP contribution in [0.25, 0.3) is 0 Å². The lowest BCUT2D eigenvalue weighted by molar-refractivity contribution is -0.164. The Morgan fingerprint density at radius 1 is 1.54 bits per heavy atom. The Balaban J connectivity index is 2.33. The smallest absolute Gasteiger partial charge is 0.390 e. The second-order valence-electron chi connectivity index (χ2n) is 3.26. The van der Waals surface area contributed by atoms with Crippen molar-refractivity contribution in [1.29, 1.82) is 0 Å². The summed E-state index contributed by atoms with van der Waals surface area (Å²) in [7, 11) is 1.29. The third-order valence-electron chi connectivity index (χ3n) is 2.12. The van der Waals surface area contributed by atoms with Crippen molar-refractivity contribution in [3.8, 4) is 0 Å². The van der Waals surface area contributed by atoms with E-state index in [4.69, 9.17) is 5.11 Å². The Bertz CT molecular complexity index is 168. The first-order valence-electron chi connectivity index (χ1n) is 4.08. The molecule has 0 aromatic rings. The van der Waals surface area contributed by atoms with Crippen molar-refractivity contribution in [3.05, 3.63) is 0 Å². The van der Waals surface area contributed by atoms with Gasteiger partial charge in [-0.2, -0.15) is 13.2 Å². The van der Waals surface area contributed by atoms with Gasteiger partial charge in [0.05, 0.1) is 6.10 Å². The number of nitrogens with one attached hydrogen (secondary N) is 1. The summed E-state index contributed by atoms with van der Waals surface area (Å²) in [4.78, 5) is 1.57. The fourth-order valence-corrected chi connectivity index (χ4v) is 1.31. The number of likely N-dealkylation sites (N-methyl/N-ethyl adjacent to an activating group) is 1. The monoisotopic (exact) mass is 198 g/mol. The van der Waals surface area contributed by atoms with E-state index in [0.29, 0.717) is 13.1 Å². The maximum atomic E-state index is 12.2. The zero-order chi connectivity index (χ0) is 10.1. The molecule has 1 aliphatic rings. The molecule has 1 saturated heterocycles. The van der Waals surface area contributed by atoms with Gasteiger partial charge >= 0.3 is 6.18 Å². The van der Waals surface area contributed by atoms with E-state index in [2.05, 4.69) is 5.32 Å². The van der Waals surface area contributed by atoms with Crippen LogP contribution in [0.5, 0.6) is 0 Å². The molecule has 1 atom stereocenters. The summed E-state index contributed by atoms with van der Waals surface area (Å²) in [5.41, 5.74) is 0. The molecule has 0 unspecified atom stereocenters. The van der Waals surface area contributed by atoms with E-state index in [1.807, 2.05) is 0 Å². The van der Waals surface area contributed by atoms with Gasteiger partial charge in [-0.05, 0) is 7.05 Å². The minimum Gasteiger partial charge on any atom is -0.390 e. The molecule has 0 spiro atoms. The van der Waals surface area contributed by atoms with Crippen molar-refractivity contribution in [2.24, 2.45) is 0 Å². The van der Waals surface area contributed by atoms with E-state index >= 15 is 0 Å². The van der Waals surface area contributed by atoms with E-state index in [9.17, 15) is 13.2 Å². The Hall–Kier alpha value is -0.330. The van der Waals surface area contributed by atoms with Crippen molar-refractivity contribution in [3.63, 3.8) is 0 Å². The van der Waals surface area contributed by atoms with Crippen LogP contribution in [0.1, 0.15) is 0 Å². The maximum absolute atomic E-state index is 12.2. The molecule has 0 aliphatic carbocycles. The van der Waals surface area contributed by atoms with E-state index in [1.54, 1.807) is 4.90 Å². The number of hydrogen-bond donors (Lipinski definition) is 2. The van der Waals surface area contributed by atoms with Crippen molar-refractivity contribution >= 4 is 0 Å². The predicted molar refractivity (Wildman–Crippen MR) is 41.3 cm³/mol. The van der Waals surface area contributed by atoms with Gasteiger partial charge in [-0.25, -0.2) is 0 Å². The Morgan fingerprint density at radius 3 is 2.38 bits per heavy atom. The topological polar surface area (TPSA) is 35.5 Å². The quantitative estimate of drug-likeness (QED) is 0.660. The van der Waals surface area contributed by atoms with Crippen molar-refractivity contribution in [1.82, 2.24) is 10.2 Å². The molecule has 13 heavy (non-hydrogen) atoms. The molecular weight excluding hydrogens is 185 g/mol. The first-order chi connectivity index (χ1) is 5.93. The molecule has 1 aliphatic heterocycles. The van der Waals surface area contributed by atoms with Gasteiger partial charge in [-0.15, -0.1) is 0 Å². The number of likely N-dealkylation sites (tertiary alicyclic amines) is 1. The Labute approximate surface area is 74.5 Å². The van der Waals surface area contributed by atoms with E-state index in [-0.39, 0.29) is 6.54 Å². The minimum atomic E-state index is -4.21. The van der Waals surface area contributed by atoms with Gasteiger partial charge in [0.25, 0.3) is 0 Å². The lowest BCUT2D eigenvalue weighted by Crippen LogP contribution is -2.57. The number of alkyl halides is 3. The zero-order valence-electron chi connectivity index (χ0n) is 7.30. The van der Waals surface area contributed by atoms with Crippen LogP contribution in [0.2, 0.25) is 0 Å². The lowest BCUT2D eigenvalue weighted by Gasteiger charge is -2.38. The second-order valence-corrected chi connectivity index (χ2v) is 3.26. The van der Waals surface area contributed by atoms with Gasteiger partial charge < -0.3 is 10.4 Å². The van der Waals surface area contributed by atoms with Crippen molar-refractivity contribution in [2.45, 2.75) is 18.3 Å². The van der Waals surface area contributed by atoms with Crippen LogP contribution >= 0.6 is 0 Å². The minimum absolute atomic E-state index is 0.0862. The lowest BCUT2D eigenvalue weighted by atomic mass is 10.1. The SMILES string of the molecule is CN[C@@H](CN1CC(O)C1)C(F)(F)F. The van der Waals surface area contributed by atoms with Gasteiger partial charge in [0.1, 0.15) is 6.04 Å². The van der Waals surface area contributed by atoms with Gasteiger partial charge in [-0.1, -0.05) is 0 Å². The second kappa shape index (κ2) is 3.81. The third-order valence-corrected chi connectivity index (χ3v) is 2.12. The summed E-state index contributed by atoms with van der Waals surface area (Å²) in [6.45, 7) is 0.597. The summed E-state index contributed by atoms with van der Waals surface area (Å²) in [5.74, 6) is 0. The normalized spacial score (nSPS) is 22.8. The van der Waals surface area contributed by atoms with Gasteiger partial charge in [0.15, 0.2) is 0 Å². The van der Waals surface area contributed by atoms with Crippen LogP contribution in [-0.4, -0.2) is 55.0 Å². The maximum Gasteiger partial charge on any atom is 0.405 e. The largest absolute Gasteiger partial charge is 0.405 e. The van der Waals surface area contributed by atoms with Crippen molar-refractivity contribution in [2.75, 3.05) is 26.7 Å². The number of hydrogen-bond acceptors (Lipinski definition) is 3. The fourth-order valence-electron chi connectivity index (χ4n) is 1.31. The number of nitrogens with zero attached hydrogens (tertiary/aromatic N) is 1. The van der Waals surface area contributed by atoms with Gasteiger partial charge in [0.2, 0.25) is 0 Å². The molecule has 3 nitrogen and oxygen atoms in total. The molecule has 78 valence electrons. The fraction of sp³-hybridized carbons (Fsp3) is 1.00. The third kappa shape index (κ3) is 2.82. The van der Waals surface area contributed by atoms with Crippen LogP contribution in [0.15, 0.2) is 0 Å². The number of halogens is 3. The Kier molecular flexibility index (Phi) is 3.15. The van der Waals surface area contributed by atoms with Crippen LogP contribution in [0.4, 0.5) is 13.2 Å². The average Bonchev–Trinajstić information content (AvgIpc) is 1.93. The van der Waals surface area contributed by atoms with E-state index in [1.165, 1.54) is 7.05 Å². The van der Waals surface area contributed by atoms with E-state index < -0.39 is 18.3 Å². The molecule has 0 radical (unpaired) electrons. The van der Waals surface area contributed by atoms with Crippen LogP contribution in [-0.2, 0) is 0 Å². The number of aliphatic hydroxyl groups excluding tert-OH is 1. The molecule has 2 N–H and O–H groups in total. The number of rotatable bonds is 3. The molecular formula is C7H13F3N2O. The molecule has 0 amide bonds. The van der Waals surface area contributed by atoms with Gasteiger partial charge in [0, 0.05) is 19.6 Å². The molecule has 6 heteroatoms. The number of aliphatic hydroxyl groups is 1. The molecule has 0 saturated carbocycles. The van der Waals surface area contributed by atoms with Crippen LogP contribution < -0.4 is 5.32 Å². The van der Waals surface area contributed by atoms with Gasteiger partial charge in [-0.3, -0.25) is 4.90 Å². The highest BCUT2D eigenvalue weighted by Gasteiger charge is 2.41. The first-order valence-corrected chi connectivity index (χ1v) is 4.08. The highest BCUT2D eigenvalue weighted by molar-refractivity contribution is 4.85. The summed E-state index contributed by atoms with van der Waals surface area (Å²) in [6.07, 6.45) is -4.67. The predicted octanol–water partition coefficient (Wildman–Crippen LogP) is -0.187. The van der Waals surface area contributed by atoms with Crippen molar-refractivity contribution < 1.29 is 18.3 Å². The average molecular weight is 198 g/mol. The van der Waals surface area contributed by atoms with E-state index in [0.717, 1.165) is 0 Å². The standard InChI is InChI=1S/C7H13F3N2O/c1-11-6(7(8,9)10)4-12-2-5(13)3-12/h5-6,11,13H,2-4H2,1H3/t6-/m0/s1. The summed E-state index contributed by atoms with van der Waals surface area (Å²) in [5, 5.41) is 11.1. The van der Waals surface area contributed by atoms with Crippen LogP contribution in [0.3, 0.4) is 0 Å². The summed E-state index contributed by atoms with van der Waals surface area (Å²) in [6, 6.07) is -1.50. The highest BCUT2D eigenvalue weighted by Crippen LogP contribution is 2.22. The van der Waals surface area contributed by atoms with Crippen LogP contribution in [0, 0.1) is 0 Å². The molecule has 0 aromatic heterocycles. The molecule has 1 rings (SSSR count). The number of β-amino-alcohol motifs (C(OH)–C–C–N with tert-alkyl or cyclic N) is 1. The molecule has 0 aromatic carbocycles. The summed E-state index contributed by atoms with van der Waals surface area (Å²) >= 11 is 0. The summed E-state index contributed by atoms with van der Waals surface area (Å²) < 4.78 is 36.6. The molecule has 0 bridgehead atoms. The first kappa shape index (κ1) is 10.7. The zero-order valence-corrected chi connectivity index (χ0v) is 7.30. The highest BCUT2D eigenvalue weighted by atomic mass is 19.4. The molecule has 1 fully saturated rings. The molecule has 1 heterocycles.